The summed E-state index contributed by atoms with van der Waals surface area (Å²) in [5, 5.41) is 17.3. The minimum Gasteiger partial charge on any atom is -0.393 e. The minimum absolute atomic E-state index is 0.107. The van der Waals surface area contributed by atoms with Gasteiger partial charge in [-0.15, -0.1) is 11.3 Å². The molecule has 1 aliphatic carbocycles. The summed E-state index contributed by atoms with van der Waals surface area (Å²) in [7, 11) is 0. The van der Waals surface area contributed by atoms with Gasteiger partial charge in [-0.25, -0.2) is 4.79 Å². The van der Waals surface area contributed by atoms with E-state index in [4.69, 9.17) is 0 Å². The van der Waals surface area contributed by atoms with Gasteiger partial charge in [-0.05, 0) is 36.6 Å². The summed E-state index contributed by atoms with van der Waals surface area (Å²) in [6.45, 7) is 3.43. The maximum atomic E-state index is 11.7. The second-order valence-electron chi connectivity index (χ2n) is 5.34. The molecule has 1 fully saturated rings. The monoisotopic (exact) mass is 282 g/mol. The van der Waals surface area contributed by atoms with Gasteiger partial charge in [0, 0.05) is 23.9 Å². The molecule has 1 aliphatic rings. The van der Waals surface area contributed by atoms with Crippen molar-refractivity contribution in [3.8, 4) is 0 Å². The molecular formula is C14H22N2O2S. The van der Waals surface area contributed by atoms with Crippen LogP contribution in [0.4, 0.5) is 4.79 Å². The summed E-state index contributed by atoms with van der Waals surface area (Å²) in [6.07, 6.45) is 2.51. The van der Waals surface area contributed by atoms with Crippen LogP contribution in [0.25, 0.3) is 0 Å². The molecule has 0 spiro atoms. The smallest absolute Gasteiger partial charge is 0.314 e. The van der Waals surface area contributed by atoms with Crippen molar-refractivity contribution in [1.82, 2.24) is 10.6 Å². The second kappa shape index (κ2) is 6.91. The van der Waals surface area contributed by atoms with E-state index in [2.05, 4.69) is 29.0 Å². The summed E-state index contributed by atoms with van der Waals surface area (Å²) in [4.78, 5) is 13.0. The van der Waals surface area contributed by atoms with Crippen LogP contribution in [-0.2, 0) is 0 Å². The maximum Gasteiger partial charge on any atom is 0.314 e. The molecule has 0 aliphatic heterocycles. The zero-order valence-electron chi connectivity index (χ0n) is 11.3. The average molecular weight is 282 g/mol. The lowest BCUT2D eigenvalue weighted by Crippen LogP contribution is -2.39. The Hall–Kier alpha value is -1.07. The third-order valence-electron chi connectivity index (χ3n) is 3.66. The number of rotatable bonds is 5. The van der Waals surface area contributed by atoms with E-state index < -0.39 is 0 Å². The molecule has 0 unspecified atom stereocenters. The summed E-state index contributed by atoms with van der Waals surface area (Å²) < 4.78 is 0. The van der Waals surface area contributed by atoms with Gasteiger partial charge in [0.1, 0.15) is 0 Å². The van der Waals surface area contributed by atoms with Crippen LogP contribution in [0.5, 0.6) is 0 Å². The van der Waals surface area contributed by atoms with Crippen molar-refractivity contribution >= 4 is 17.4 Å². The third kappa shape index (κ3) is 4.51. The largest absolute Gasteiger partial charge is 0.393 e. The van der Waals surface area contributed by atoms with Gasteiger partial charge in [0.05, 0.1) is 6.10 Å². The molecule has 106 valence electrons. The molecule has 1 saturated carbocycles. The summed E-state index contributed by atoms with van der Waals surface area (Å²) in [5.74, 6) is 0.773. The average Bonchev–Trinajstić information content (AvgIpc) is 3.04. The lowest BCUT2D eigenvalue weighted by Gasteiger charge is -2.14. The van der Waals surface area contributed by atoms with Crippen LogP contribution in [0.15, 0.2) is 17.5 Å². The Morgan fingerprint density at radius 2 is 2.37 bits per heavy atom. The lowest BCUT2D eigenvalue weighted by molar-refractivity contribution is 0.177. The number of carbonyl (C=O) groups excluding carboxylic acids is 1. The molecule has 5 heteroatoms. The fourth-order valence-electron chi connectivity index (χ4n) is 2.45. The van der Waals surface area contributed by atoms with Crippen LogP contribution in [0.3, 0.4) is 0 Å². The summed E-state index contributed by atoms with van der Waals surface area (Å²) >= 11 is 1.72. The van der Waals surface area contributed by atoms with Crippen LogP contribution >= 0.6 is 11.3 Å². The molecule has 0 bridgehead atoms. The Bertz CT molecular complexity index is 394. The van der Waals surface area contributed by atoms with Crippen LogP contribution in [0.1, 0.15) is 37.0 Å². The molecule has 0 aromatic carbocycles. The van der Waals surface area contributed by atoms with Gasteiger partial charge >= 0.3 is 6.03 Å². The maximum absolute atomic E-state index is 11.7. The van der Waals surface area contributed by atoms with Gasteiger partial charge in [-0.3, -0.25) is 0 Å². The predicted molar refractivity (Wildman–Crippen MR) is 77.5 cm³/mol. The van der Waals surface area contributed by atoms with Crippen molar-refractivity contribution in [2.24, 2.45) is 5.92 Å². The first-order chi connectivity index (χ1) is 9.15. The molecule has 19 heavy (non-hydrogen) atoms. The Morgan fingerprint density at radius 3 is 3.00 bits per heavy atom. The van der Waals surface area contributed by atoms with Crippen molar-refractivity contribution < 1.29 is 9.90 Å². The highest BCUT2D eigenvalue weighted by molar-refractivity contribution is 7.10. The Labute approximate surface area is 118 Å². The summed E-state index contributed by atoms with van der Waals surface area (Å²) in [6, 6.07) is 4.02. The number of hydrogen-bond donors (Lipinski definition) is 3. The number of aliphatic hydroxyl groups is 1. The molecule has 1 heterocycles. The SMILES string of the molecule is C[C@H](CNC(=O)NC[C@H]1CC[C@@H](O)C1)c1cccs1. The summed E-state index contributed by atoms with van der Waals surface area (Å²) in [5.41, 5.74) is 0. The van der Waals surface area contributed by atoms with Gasteiger partial charge in [-0.2, -0.15) is 0 Å². The van der Waals surface area contributed by atoms with Crippen molar-refractivity contribution in [3.05, 3.63) is 22.4 Å². The Morgan fingerprint density at radius 1 is 1.53 bits per heavy atom. The number of urea groups is 1. The topological polar surface area (TPSA) is 61.4 Å². The van der Waals surface area contributed by atoms with Crippen LogP contribution in [-0.4, -0.2) is 30.3 Å². The van der Waals surface area contributed by atoms with E-state index in [0.717, 1.165) is 19.3 Å². The van der Waals surface area contributed by atoms with E-state index in [-0.39, 0.29) is 12.1 Å². The molecule has 1 aromatic rings. The molecule has 1 aromatic heterocycles. The lowest BCUT2D eigenvalue weighted by atomic mass is 10.1. The number of hydrogen-bond acceptors (Lipinski definition) is 3. The molecule has 3 atom stereocenters. The van der Waals surface area contributed by atoms with Crippen molar-refractivity contribution in [1.29, 1.82) is 0 Å². The van der Waals surface area contributed by atoms with Crippen LogP contribution in [0, 0.1) is 5.92 Å². The molecule has 0 radical (unpaired) electrons. The molecule has 3 N–H and O–H groups in total. The zero-order chi connectivity index (χ0) is 13.7. The normalized spacial score (nSPS) is 24.1. The van der Waals surface area contributed by atoms with E-state index in [9.17, 15) is 9.90 Å². The minimum atomic E-state index is -0.172. The molecule has 2 rings (SSSR count). The molecule has 2 amide bonds. The highest BCUT2D eigenvalue weighted by atomic mass is 32.1. The fourth-order valence-corrected chi connectivity index (χ4v) is 3.24. The second-order valence-corrected chi connectivity index (χ2v) is 6.32. The fraction of sp³-hybridized carbons (Fsp3) is 0.643. The number of aliphatic hydroxyl groups excluding tert-OH is 1. The predicted octanol–water partition coefficient (Wildman–Crippen LogP) is 2.31. The first kappa shape index (κ1) is 14.3. The number of carbonyl (C=O) groups is 1. The van der Waals surface area contributed by atoms with Crippen LogP contribution < -0.4 is 10.6 Å². The number of amides is 2. The van der Waals surface area contributed by atoms with Crippen molar-refractivity contribution in [3.63, 3.8) is 0 Å². The molecule has 4 nitrogen and oxygen atoms in total. The van der Waals surface area contributed by atoms with Gasteiger partial charge in [0.2, 0.25) is 0 Å². The first-order valence-electron chi connectivity index (χ1n) is 6.88. The van der Waals surface area contributed by atoms with E-state index in [0.29, 0.717) is 24.9 Å². The van der Waals surface area contributed by atoms with Crippen molar-refractivity contribution in [2.75, 3.05) is 13.1 Å². The quantitative estimate of drug-likeness (QED) is 0.776. The van der Waals surface area contributed by atoms with E-state index in [1.54, 1.807) is 11.3 Å². The molecule has 0 saturated heterocycles. The molecular weight excluding hydrogens is 260 g/mol. The van der Waals surface area contributed by atoms with E-state index >= 15 is 0 Å². The highest BCUT2D eigenvalue weighted by Crippen LogP contribution is 2.24. The number of nitrogens with one attached hydrogen (secondary N) is 2. The van der Waals surface area contributed by atoms with Gasteiger partial charge in [0.15, 0.2) is 0 Å². The van der Waals surface area contributed by atoms with Crippen molar-refractivity contribution in [2.45, 2.75) is 38.2 Å². The standard InChI is InChI=1S/C14H22N2O2S/c1-10(13-3-2-6-19-13)8-15-14(18)16-9-11-4-5-12(17)7-11/h2-3,6,10-12,17H,4-5,7-9H2,1H3,(H2,15,16,18)/t10-,11+,12-/m1/s1. The van der Waals surface area contributed by atoms with Gasteiger partial charge in [-0.1, -0.05) is 13.0 Å². The zero-order valence-corrected chi connectivity index (χ0v) is 12.1. The Kier molecular flexibility index (Phi) is 5.22. The van der Waals surface area contributed by atoms with Gasteiger partial charge < -0.3 is 15.7 Å². The third-order valence-corrected chi connectivity index (χ3v) is 4.77. The van der Waals surface area contributed by atoms with E-state index in [1.807, 2.05) is 6.07 Å². The van der Waals surface area contributed by atoms with E-state index in [1.165, 1.54) is 4.88 Å². The van der Waals surface area contributed by atoms with Crippen LogP contribution in [0.2, 0.25) is 0 Å². The Balaban J connectivity index is 1.62. The van der Waals surface area contributed by atoms with Gasteiger partial charge in [0.25, 0.3) is 0 Å². The number of thiophene rings is 1. The first-order valence-corrected chi connectivity index (χ1v) is 7.76. The highest BCUT2D eigenvalue weighted by Gasteiger charge is 2.22.